The fourth-order valence-corrected chi connectivity index (χ4v) is 4.15. The summed E-state index contributed by atoms with van der Waals surface area (Å²) in [4.78, 5) is 0. The average Bonchev–Trinajstić information content (AvgIpc) is 2.71. The van der Waals surface area contributed by atoms with E-state index in [0.717, 1.165) is 33.4 Å². The largest absolute Gasteiger partial charge is 0.496 e. The van der Waals surface area contributed by atoms with E-state index in [0.29, 0.717) is 0 Å². The fourth-order valence-electron chi connectivity index (χ4n) is 3.62. The van der Waals surface area contributed by atoms with E-state index in [-0.39, 0.29) is 5.25 Å². The molecule has 0 aliphatic heterocycles. The zero-order valence-electron chi connectivity index (χ0n) is 14.8. The van der Waals surface area contributed by atoms with Crippen molar-refractivity contribution in [2.45, 2.75) is 5.25 Å². The van der Waals surface area contributed by atoms with Crippen LogP contribution in [0.1, 0.15) is 16.4 Å². The first-order valence-corrected chi connectivity index (χ1v) is 9.05. The minimum Gasteiger partial charge on any atom is -0.496 e. The van der Waals surface area contributed by atoms with Crippen molar-refractivity contribution in [2.75, 3.05) is 14.2 Å². The van der Waals surface area contributed by atoms with Gasteiger partial charge in [0.25, 0.3) is 0 Å². The van der Waals surface area contributed by atoms with E-state index in [1.807, 2.05) is 36.4 Å². The van der Waals surface area contributed by atoms with E-state index >= 15 is 0 Å². The summed E-state index contributed by atoms with van der Waals surface area (Å²) < 4.78 is 11.4. The van der Waals surface area contributed by atoms with Gasteiger partial charge in [0, 0.05) is 11.1 Å². The molecular weight excluding hydrogens is 340 g/mol. The van der Waals surface area contributed by atoms with Crippen molar-refractivity contribution in [2.24, 2.45) is 0 Å². The van der Waals surface area contributed by atoms with Gasteiger partial charge in [-0.1, -0.05) is 60.7 Å². The molecule has 0 radical (unpaired) electrons. The molecule has 26 heavy (non-hydrogen) atoms. The number of rotatable bonds is 4. The molecule has 0 saturated carbocycles. The van der Waals surface area contributed by atoms with Crippen LogP contribution in [0.4, 0.5) is 0 Å². The zero-order valence-corrected chi connectivity index (χ0v) is 15.7. The molecule has 3 heteroatoms. The second kappa shape index (κ2) is 6.93. The number of thiol groups is 1. The predicted octanol–water partition coefficient (Wildman–Crippen LogP) is 6.03. The van der Waals surface area contributed by atoms with E-state index in [4.69, 9.17) is 22.1 Å². The van der Waals surface area contributed by atoms with Crippen molar-refractivity contribution in [3.63, 3.8) is 0 Å². The summed E-state index contributed by atoms with van der Waals surface area (Å²) in [5, 5.41) is 4.43. The number of benzene rings is 4. The highest BCUT2D eigenvalue weighted by atomic mass is 32.1. The minimum atomic E-state index is -0.183. The second-order valence-electron chi connectivity index (χ2n) is 6.21. The van der Waals surface area contributed by atoms with E-state index in [2.05, 4.69) is 36.4 Å². The third-order valence-corrected chi connectivity index (χ3v) is 5.36. The quantitative estimate of drug-likeness (QED) is 0.448. The molecule has 130 valence electrons. The molecule has 0 heterocycles. The summed E-state index contributed by atoms with van der Waals surface area (Å²) in [6.45, 7) is 0. The van der Waals surface area contributed by atoms with Crippen LogP contribution < -0.4 is 9.47 Å². The SMILES string of the molecule is COc1ccc2ccccc2c1C(S)c1c(OC)ccc2ccccc12. The van der Waals surface area contributed by atoms with Crippen LogP contribution in [-0.2, 0) is 0 Å². The Morgan fingerprint density at radius 2 is 1.04 bits per heavy atom. The summed E-state index contributed by atoms with van der Waals surface area (Å²) in [6.07, 6.45) is 0. The Hall–Kier alpha value is -2.65. The fraction of sp³-hybridized carbons (Fsp3) is 0.130. The lowest BCUT2D eigenvalue weighted by atomic mass is 9.93. The molecule has 0 unspecified atom stereocenters. The molecule has 2 nitrogen and oxygen atoms in total. The topological polar surface area (TPSA) is 18.5 Å². The van der Waals surface area contributed by atoms with Crippen LogP contribution in [-0.4, -0.2) is 14.2 Å². The van der Waals surface area contributed by atoms with Gasteiger partial charge in [-0.2, -0.15) is 12.6 Å². The van der Waals surface area contributed by atoms with Crippen molar-refractivity contribution >= 4 is 34.2 Å². The Morgan fingerprint density at radius 3 is 1.46 bits per heavy atom. The van der Waals surface area contributed by atoms with E-state index < -0.39 is 0 Å². The summed E-state index contributed by atoms with van der Waals surface area (Å²) in [6, 6.07) is 24.8. The molecule has 0 amide bonds. The highest BCUT2D eigenvalue weighted by Gasteiger charge is 2.23. The average molecular weight is 360 g/mol. The van der Waals surface area contributed by atoms with Gasteiger partial charge in [-0.15, -0.1) is 0 Å². The monoisotopic (exact) mass is 360 g/mol. The number of methoxy groups -OCH3 is 2. The molecule has 0 atom stereocenters. The molecular formula is C23H20O2S. The van der Waals surface area contributed by atoms with Crippen molar-refractivity contribution in [1.82, 2.24) is 0 Å². The van der Waals surface area contributed by atoms with E-state index in [1.54, 1.807) is 14.2 Å². The Balaban J connectivity index is 2.04. The van der Waals surface area contributed by atoms with E-state index in [1.165, 1.54) is 10.8 Å². The van der Waals surface area contributed by atoms with Gasteiger partial charge in [-0.3, -0.25) is 0 Å². The van der Waals surface area contributed by atoms with Crippen LogP contribution >= 0.6 is 12.6 Å². The normalized spacial score (nSPS) is 11.2. The van der Waals surface area contributed by atoms with Crippen molar-refractivity contribution < 1.29 is 9.47 Å². The molecule has 0 bridgehead atoms. The van der Waals surface area contributed by atoms with Crippen LogP contribution in [0.5, 0.6) is 11.5 Å². The molecule has 0 fully saturated rings. The molecule has 0 N–H and O–H groups in total. The summed E-state index contributed by atoms with van der Waals surface area (Å²) >= 11 is 5.05. The summed E-state index contributed by atoms with van der Waals surface area (Å²) in [5.74, 6) is 1.66. The van der Waals surface area contributed by atoms with Crippen LogP contribution in [0.2, 0.25) is 0 Å². The van der Waals surface area contributed by atoms with Crippen LogP contribution in [0.15, 0.2) is 72.8 Å². The molecule has 0 aliphatic rings. The molecule has 4 aromatic rings. The molecule has 0 saturated heterocycles. The number of hydrogen-bond acceptors (Lipinski definition) is 3. The van der Waals surface area contributed by atoms with Gasteiger partial charge in [0.1, 0.15) is 11.5 Å². The van der Waals surface area contributed by atoms with E-state index in [9.17, 15) is 0 Å². The van der Waals surface area contributed by atoms with Crippen LogP contribution in [0, 0.1) is 0 Å². The maximum absolute atomic E-state index is 5.69. The zero-order chi connectivity index (χ0) is 18.1. The highest BCUT2D eigenvalue weighted by Crippen LogP contribution is 2.45. The summed E-state index contributed by atoms with van der Waals surface area (Å²) in [7, 11) is 3.41. The molecule has 0 spiro atoms. The molecule has 4 rings (SSSR count). The smallest absolute Gasteiger partial charge is 0.124 e. The summed E-state index contributed by atoms with van der Waals surface area (Å²) in [5.41, 5.74) is 2.12. The Labute approximate surface area is 158 Å². The Bertz CT molecular complexity index is 1000. The minimum absolute atomic E-state index is 0.183. The lowest BCUT2D eigenvalue weighted by Crippen LogP contribution is -2.02. The Kier molecular flexibility index (Phi) is 4.48. The van der Waals surface area contributed by atoms with Gasteiger partial charge in [-0.05, 0) is 33.7 Å². The van der Waals surface area contributed by atoms with Crippen molar-refractivity contribution in [1.29, 1.82) is 0 Å². The van der Waals surface area contributed by atoms with Crippen LogP contribution in [0.25, 0.3) is 21.5 Å². The lowest BCUT2D eigenvalue weighted by Gasteiger charge is -2.22. The van der Waals surface area contributed by atoms with Crippen molar-refractivity contribution in [3.05, 3.63) is 83.9 Å². The number of ether oxygens (including phenoxy) is 2. The number of fused-ring (bicyclic) bond motifs is 2. The second-order valence-corrected chi connectivity index (χ2v) is 6.72. The van der Waals surface area contributed by atoms with Gasteiger partial charge in [0.2, 0.25) is 0 Å². The maximum Gasteiger partial charge on any atom is 0.124 e. The van der Waals surface area contributed by atoms with Gasteiger partial charge in [0.05, 0.1) is 19.5 Å². The van der Waals surface area contributed by atoms with Gasteiger partial charge in [-0.25, -0.2) is 0 Å². The third kappa shape index (κ3) is 2.69. The molecule has 0 aliphatic carbocycles. The lowest BCUT2D eigenvalue weighted by molar-refractivity contribution is 0.406. The first kappa shape index (κ1) is 16.8. The third-order valence-electron chi connectivity index (χ3n) is 4.85. The van der Waals surface area contributed by atoms with Crippen LogP contribution in [0.3, 0.4) is 0 Å². The first-order valence-electron chi connectivity index (χ1n) is 8.54. The van der Waals surface area contributed by atoms with Crippen molar-refractivity contribution in [3.8, 4) is 11.5 Å². The standard InChI is InChI=1S/C23H20O2S/c1-24-19-13-11-15-7-3-5-9-17(15)21(19)23(26)22-18-10-6-4-8-16(18)12-14-20(22)25-2/h3-14,23,26H,1-2H3. The van der Waals surface area contributed by atoms with Gasteiger partial charge >= 0.3 is 0 Å². The Morgan fingerprint density at radius 1 is 0.615 bits per heavy atom. The predicted molar refractivity (Wildman–Crippen MR) is 112 cm³/mol. The number of hydrogen-bond donors (Lipinski definition) is 1. The first-order chi connectivity index (χ1) is 12.7. The van der Waals surface area contributed by atoms with Gasteiger partial charge in [0.15, 0.2) is 0 Å². The highest BCUT2D eigenvalue weighted by molar-refractivity contribution is 7.80. The maximum atomic E-state index is 5.69. The molecule has 4 aromatic carbocycles. The van der Waals surface area contributed by atoms with Gasteiger partial charge < -0.3 is 9.47 Å². The molecule has 0 aromatic heterocycles.